The number of aryl methyl sites for hydroxylation is 3. The Hall–Kier alpha value is -3.28. The zero-order chi connectivity index (χ0) is 19.6. The van der Waals surface area contributed by atoms with E-state index in [1.54, 1.807) is 6.07 Å². The lowest BCUT2D eigenvalue weighted by Crippen LogP contribution is -2.14. The average molecular weight is 367 g/mol. The summed E-state index contributed by atoms with van der Waals surface area (Å²) in [5.74, 6) is -2.17. The highest BCUT2D eigenvalue weighted by molar-refractivity contribution is 6.05. The Balaban J connectivity index is 1.80. The highest BCUT2D eigenvalue weighted by atomic mass is 19.2. The monoisotopic (exact) mass is 367 g/mol. The standard InChI is InChI=1S/C21H19F2N3O/c1-12-6-13(2)20(14(3)7-12)26-21(27)15-8-17(11-24-10-15)25-16-4-5-18(22)19(23)9-16/h4-11,25H,1-3H3,(H,26,27). The Kier molecular flexibility index (Phi) is 5.16. The number of amides is 1. The van der Waals surface area contributed by atoms with Crippen molar-refractivity contribution < 1.29 is 13.6 Å². The fourth-order valence-corrected chi connectivity index (χ4v) is 2.94. The number of carbonyl (C=O) groups is 1. The molecular formula is C21H19F2N3O. The number of aromatic nitrogens is 1. The van der Waals surface area contributed by atoms with Crippen LogP contribution in [-0.4, -0.2) is 10.9 Å². The van der Waals surface area contributed by atoms with E-state index < -0.39 is 11.6 Å². The summed E-state index contributed by atoms with van der Waals surface area (Å²) in [6.45, 7) is 5.88. The third kappa shape index (κ3) is 4.28. The number of hydrogen-bond acceptors (Lipinski definition) is 3. The zero-order valence-corrected chi connectivity index (χ0v) is 15.2. The molecule has 2 aromatic carbocycles. The zero-order valence-electron chi connectivity index (χ0n) is 15.2. The number of halogens is 2. The molecule has 1 heterocycles. The van der Waals surface area contributed by atoms with Gasteiger partial charge in [0.15, 0.2) is 11.6 Å². The summed E-state index contributed by atoms with van der Waals surface area (Å²) in [7, 11) is 0. The summed E-state index contributed by atoms with van der Waals surface area (Å²) in [6, 6.07) is 9.09. The second-order valence-electron chi connectivity index (χ2n) is 6.44. The first-order valence-electron chi connectivity index (χ1n) is 8.40. The van der Waals surface area contributed by atoms with Crippen molar-refractivity contribution in [3.8, 4) is 0 Å². The largest absolute Gasteiger partial charge is 0.354 e. The van der Waals surface area contributed by atoms with Crippen molar-refractivity contribution in [3.63, 3.8) is 0 Å². The van der Waals surface area contributed by atoms with E-state index in [2.05, 4.69) is 15.6 Å². The number of carbonyl (C=O) groups excluding carboxylic acids is 1. The van der Waals surface area contributed by atoms with E-state index >= 15 is 0 Å². The van der Waals surface area contributed by atoms with E-state index in [0.717, 1.165) is 34.5 Å². The molecule has 1 aromatic heterocycles. The number of anilines is 3. The van der Waals surface area contributed by atoms with E-state index in [1.807, 2.05) is 32.9 Å². The summed E-state index contributed by atoms with van der Waals surface area (Å²) in [5.41, 5.74) is 5.05. The molecule has 138 valence electrons. The van der Waals surface area contributed by atoms with Gasteiger partial charge in [0.2, 0.25) is 0 Å². The summed E-state index contributed by atoms with van der Waals surface area (Å²) in [5, 5.41) is 5.83. The number of benzene rings is 2. The van der Waals surface area contributed by atoms with Gasteiger partial charge in [-0.3, -0.25) is 9.78 Å². The molecule has 0 spiro atoms. The Bertz CT molecular complexity index is 995. The average Bonchev–Trinajstić information content (AvgIpc) is 2.61. The van der Waals surface area contributed by atoms with Crippen molar-refractivity contribution in [2.24, 2.45) is 0 Å². The smallest absolute Gasteiger partial charge is 0.257 e. The second kappa shape index (κ2) is 7.53. The van der Waals surface area contributed by atoms with Gasteiger partial charge in [-0.1, -0.05) is 17.7 Å². The normalized spacial score (nSPS) is 10.6. The molecule has 3 rings (SSSR count). The summed E-state index contributed by atoms with van der Waals surface area (Å²) in [4.78, 5) is 16.7. The molecule has 4 nitrogen and oxygen atoms in total. The van der Waals surface area contributed by atoms with Gasteiger partial charge < -0.3 is 10.6 Å². The Morgan fingerprint density at radius 2 is 1.59 bits per heavy atom. The molecule has 0 saturated heterocycles. The Morgan fingerprint density at radius 3 is 2.26 bits per heavy atom. The van der Waals surface area contributed by atoms with E-state index in [9.17, 15) is 13.6 Å². The van der Waals surface area contributed by atoms with Crippen molar-refractivity contribution in [2.45, 2.75) is 20.8 Å². The van der Waals surface area contributed by atoms with Crippen LogP contribution in [0.5, 0.6) is 0 Å². The van der Waals surface area contributed by atoms with E-state index in [-0.39, 0.29) is 5.91 Å². The van der Waals surface area contributed by atoms with Crippen molar-refractivity contribution in [1.29, 1.82) is 0 Å². The van der Waals surface area contributed by atoms with E-state index in [4.69, 9.17) is 0 Å². The quantitative estimate of drug-likeness (QED) is 0.659. The lowest BCUT2D eigenvalue weighted by molar-refractivity contribution is 0.102. The van der Waals surface area contributed by atoms with Crippen molar-refractivity contribution in [3.05, 3.63) is 82.7 Å². The van der Waals surface area contributed by atoms with Gasteiger partial charge in [0, 0.05) is 23.6 Å². The van der Waals surface area contributed by atoms with E-state index in [1.165, 1.54) is 18.5 Å². The van der Waals surface area contributed by atoms with Crippen molar-refractivity contribution >= 4 is 23.0 Å². The van der Waals surface area contributed by atoms with Crippen LogP contribution in [-0.2, 0) is 0 Å². The minimum Gasteiger partial charge on any atom is -0.354 e. The maximum absolute atomic E-state index is 13.3. The van der Waals surface area contributed by atoms with Gasteiger partial charge in [-0.2, -0.15) is 0 Å². The topological polar surface area (TPSA) is 54.0 Å². The first-order valence-corrected chi connectivity index (χ1v) is 8.40. The minimum absolute atomic E-state index is 0.300. The molecule has 0 atom stereocenters. The molecule has 3 aromatic rings. The second-order valence-corrected chi connectivity index (χ2v) is 6.44. The molecule has 0 bridgehead atoms. The molecule has 27 heavy (non-hydrogen) atoms. The predicted molar refractivity (Wildman–Crippen MR) is 102 cm³/mol. The molecular weight excluding hydrogens is 348 g/mol. The van der Waals surface area contributed by atoms with Crippen LogP contribution in [0, 0.1) is 32.4 Å². The van der Waals surface area contributed by atoms with Gasteiger partial charge >= 0.3 is 0 Å². The molecule has 0 fully saturated rings. The summed E-state index contributed by atoms with van der Waals surface area (Å²) in [6.07, 6.45) is 2.95. The highest BCUT2D eigenvalue weighted by Crippen LogP contribution is 2.23. The molecule has 0 aliphatic heterocycles. The van der Waals surface area contributed by atoms with Gasteiger partial charge in [0.05, 0.1) is 17.4 Å². The molecule has 0 saturated carbocycles. The number of hydrogen-bond donors (Lipinski definition) is 2. The van der Waals surface area contributed by atoms with Crippen LogP contribution in [0.1, 0.15) is 27.0 Å². The molecule has 0 radical (unpaired) electrons. The van der Waals surface area contributed by atoms with Gasteiger partial charge in [-0.25, -0.2) is 8.78 Å². The van der Waals surface area contributed by atoms with Crippen LogP contribution in [0.4, 0.5) is 25.8 Å². The lowest BCUT2D eigenvalue weighted by Gasteiger charge is -2.13. The molecule has 1 amide bonds. The number of nitrogens with zero attached hydrogens (tertiary/aromatic N) is 1. The van der Waals surface area contributed by atoms with Crippen molar-refractivity contribution in [1.82, 2.24) is 4.98 Å². The van der Waals surface area contributed by atoms with Crippen LogP contribution in [0.3, 0.4) is 0 Å². The maximum Gasteiger partial charge on any atom is 0.257 e. The van der Waals surface area contributed by atoms with Crippen LogP contribution in [0.15, 0.2) is 48.8 Å². The summed E-state index contributed by atoms with van der Waals surface area (Å²) < 4.78 is 26.4. The number of nitrogens with one attached hydrogen (secondary N) is 2. The molecule has 6 heteroatoms. The SMILES string of the molecule is Cc1cc(C)c(NC(=O)c2cncc(Nc3ccc(F)c(F)c3)c2)c(C)c1. The number of rotatable bonds is 4. The van der Waals surface area contributed by atoms with Gasteiger partial charge in [-0.05, 0) is 50.1 Å². The fourth-order valence-electron chi connectivity index (χ4n) is 2.94. The first kappa shape index (κ1) is 18.5. The first-order chi connectivity index (χ1) is 12.8. The maximum atomic E-state index is 13.3. The van der Waals surface area contributed by atoms with E-state index in [0.29, 0.717) is 16.9 Å². The Labute approximate surface area is 156 Å². The molecule has 0 aliphatic carbocycles. The minimum atomic E-state index is -0.952. The fraction of sp³-hybridized carbons (Fsp3) is 0.143. The number of pyridine rings is 1. The van der Waals surface area contributed by atoms with Gasteiger partial charge in [-0.15, -0.1) is 0 Å². The molecule has 0 unspecified atom stereocenters. The predicted octanol–water partition coefficient (Wildman–Crippen LogP) is 5.28. The van der Waals surface area contributed by atoms with Crippen molar-refractivity contribution in [2.75, 3.05) is 10.6 Å². The third-order valence-corrected chi connectivity index (χ3v) is 4.12. The van der Waals surface area contributed by atoms with Gasteiger partial charge in [0.1, 0.15) is 0 Å². The Morgan fingerprint density at radius 1 is 0.889 bits per heavy atom. The van der Waals surface area contributed by atoms with Crippen LogP contribution in [0.25, 0.3) is 0 Å². The lowest BCUT2D eigenvalue weighted by atomic mass is 10.0. The van der Waals surface area contributed by atoms with Gasteiger partial charge in [0.25, 0.3) is 5.91 Å². The summed E-state index contributed by atoms with van der Waals surface area (Å²) >= 11 is 0. The van der Waals surface area contributed by atoms with Crippen LogP contribution < -0.4 is 10.6 Å². The van der Waals surface area contributed by atoms with Crippen LogP contribution >= 0.6 is 0 Å². The molecule has 2 N–H and O–H groups in total. The highest BCUT2D eigenvalue weighted by Gasteiger charge is 2.12. The van der Waals surface area contributed by atoms with Crippen LogP contribution in [0.2, 0.25) is 0 Å². The molecule has 0 aliphatic rings. The third-order valence-electron chi connectivity index (χ3n) is 4.12.